The monoisotopic (exact) mass is 820 g/mol. The van der Waals surface area contributed by atoms with E-state index < -0.39 is 32.3 Å². The number of H-pyrrole nitrogens is 2. The highest BCUT2D eigenvalue weighted by Crippen LogP contribution is 2.40. The van der Waals surface area contributed by atoms with Gasteiger partial charge in [-0.2, -0.15) is 0 Å². The first-order chi connectivity index (χ1) is 28.3. The van der Waals surface area contributed by atoms with Crippen LogP contribution in [-0.4, -0.2) is 125 Å². The number of rotatable bonds is 8. The van der Waals surface area contributed by atoms with Gasteiger partial charge in [0.2, 0.25) is 11.8 Å². The molecule has 3 aromatic carbocycles. The summed E-state index contributed by atoms with van der Waals surface area (Å²) in [4.78, 5) is 74.3. The van der Waals surface area contributed by atoms with Crippen molar-refractivity contribution in [1.29, 1.82) is 0 Å². The van der Waals surface area contributed by atoms with E-state index in [1.165, 1.54) is 19.1 Å². The lowest BCUT2D eigenvalue weighted by molar-refractivity contribution is -0.142. The van der Waals surface area contributed by atoms with Crippen LogP contribution in [0.25, 0.3) is 44.2 Å². The van der Waals surface area contributed by atoms with Gasteiger partial charge >= 0.3 is 12.2 Å². The number of ether oxygens (including phenoxy) is 3. The number of imidazole rings is 2. The lowest BCUT2D eigenvalue weighted by atomic mass is 9.99. The van der Waals surface area contributed by atoms with Gasteiger partial charge in [0.1, 0.15) is 23.7 Å². The fraction of sp³-hybridized carbons (Fsp3) is 0.442. The molecule has 0 bridgehead atoms. The lowest BCUT2D eigenvalue weighted by Crippen LogP contribution is -2.57. The first kappa shape index (κ1) is 40.1. The Balaban J connectivity index is 0.998. The number of fused-ring (bicyclic) bond motifs is 3. The van der Waals surface area contributed by atoms with Crippen LogP contribution in [0.2, 0.25) is 19.1 Å². The molecule has 16 heteroatoms. The topological polar surface area (TPSA) is 175 Å². The van der Waals surface area contributed by atoms with Gasteiger partial charge < -0.3 is 39.3 Å². The largest absolute Gasteiger partial charge is 0.453 e. The second-order valence-electron chi connectivity index (χ2n) is 16.9. The molecule has 0 unspecified atom stereocenters. The number of morpholine rings is 1. The van der Waals surface area contributed by atoms with E-state index in [0.717, 1.165) is 74.7 Å². The molecule has 3 aliphatic rings. The van der Waals surface area contributed by atoms with Gasteiger partial charge in [0.15, 0.2) is 0 Å². The van der Waals surface area contributed by atoms with Gasteiger partial charge in [-0.25, -0.2) is 19.6 Å². The average Bonchev–Trinajstić information content (AvgIpc) is 4.07. The number of likely N-dealkylation sites (tertiary alicyclic amines) is 1. The third-order valence-electron chi connectivity index (χ3n) is 12.0. The number of alkyl carbamates (subject to hydrolysis) is 1. The Morgan fingerprint density at radius 1 is 0.881 bits per heavy atom. The second kappa shape index (κ2) is 16.1. The molecule has 3 aliphatic heterocycles. The van der Waals surface area contributed by atoms with Crippen LogP contribution in [0.15, 0.2) is 60.8 Å². The molecule has 5 heterocycles. The van der Waals surface area contributed by atoms with Crippen LogP contribution in [-0.2, 0) is 23.8 Å². The molecular weight excluding hydrogens is 769 g/mol. The van der Waals surface area contributed by atoms with Crippen LogP contribution in [0.5, 0.6) is 0 Å². The van der Waals surface area contributed by atoms with Gasteiger partial charge in [0.05, 0.1) is 70.5 Å². The highest BCUT2D eigenvalue weighted by molar-refractivity contribution is 6.78. The standard InChI is InChI=1S/C43H52N8O7Si/c1-25(2)36(48-42(54)56-3)41(53)49-17-7-8-33(49)38-44-21-32(46-38)27-11-9-26(10-12-27)28-13-15-30-29(20-28)14-16-31-37(30)47-39(45-31)35-23-59(5,6)24-51(35)40(52)34-22-58-19-18-50(34)43(55)57-4/h9-16,20-21,25,33-36H,7-8,17-19,22-24H2,1-6H3,(H,44,46)(H,45,47)(H,48,54)/t33-,34-,35-,36-/m0/s1. The number of aromatic amines is 2. The minimum Gasteiger partial charge on any atom is -0.453 e. The summed E-state index contributed by atoms with van der Waals surface area (Å²) in [5.41, 5.74) is 5.71. The molecule has 15 nitrogen and oxygen atoms in total. The quantitative estimate of drug-likeness (QED) is 0.149. The third-order valence-corrected chi connectivity index (χ3v) is 14.7. The zero-order valence-electron chi connectivity index (χ0n) is 34.4. The number of hydrogen-bond acceptors (Lipinski definition) is 9. The highest BCUT2D eigenvalue weighted by atomic mass is 28.3. The summed E-state index contributed by atoms with van der Waals surface area (Å²) in [5, 5.41) is 4.77. The van der Waals surface area contributed by atoms with Crippen molar-refractivity contribution in [3.63, 3.8) is 0 Å². The van der Waals surface area contributed by atoms with Crippen LogP contribution in [0.4, 0.5) is 9.59 Å². The van der Waals surface area contributed by atoms with Gasteiger partial charge in [-0.15, -0.1) is 0 Å². The summed E-state index contributed by atoms with van der Waals surface area (Å²) in [7, 11) is 0.827. The number of methoxy groups -OCH3 is 2. The molecule has 4 atom stereocenters. The SMILES string of the molecule is COC(=O)N[C@H](C(=O)N1CCC[C@H]1c1ncc(-c2ccc(-c3ccc4c(ccc5[nH]c([C@@H]6C[Si](C)(C)CN6C(=O)[C@@H]6COCCN6C(=O)OC)nc54)c3)cc2)[nH]1)C(C)C. The Morgan fingerprint density at radius 2 is 1.64 bits per heavy atom. The molecule has 4 amide bonds. The van der Waals surface area contributed by atoms with Gasteiger partial charge in [-0.1, -0.05) is 69.4 Å². The van der Waals surface area contributed by atoms with E-state index in [-0.39, 0.29) is 36.4 Å². The molecule has 0 spiro atoms. The van der Waals surface area contributed by atoms with Crippen molar-refractivity contribution in [2.45, 2.75) is 70.0 Å². The van der Waals surface area contributed by atoms with E-state index in [9.17, 15) is 19.2 Å². The third kappa shape index (κ3) is 7.78. The zero-order chi connectivity index (χ0) is 41.6. The molecule has 0 aliphatic carbocycles. The molecule has 0 radical (unpaired) electrons. The molecule has 3 saturated heterocycles. The summed E-state index contributed by atoms with van der Waals surface area (Å²) in [6.45, 7) is 9.77. The number of carbonyl (C=O) groups is 4. The molecule has 2 aromatic heterocycles. The Morgan fingerprint density at radius 3 is 2.39 bits per heavy atom. The van der Waals surface area contributed by atoms with Crippen molar-refractivity contribution in [2.24, 2.45) is 5.92 Å². The summed E-state index contributed by atoms with van der Waals surface area (Å²) in [6, 6.07) is 17.8. The molecule has 3 fully saturated rings. The Kier molecular flexibility index (Phi) is 11.0. The number of hydrogen-bond donors (Lipinski definition) is 3. The fourth-order valence-corrected chi connectivity index (χ4v) is 11.8. The Labute approximate surface area is 343 Å². The fourth-order valence-electron chi connectivity index (χ4n) is 8.93. The Bertz CT molecular complexity index is 2390. The van der Waals surface area contributed by atoms with Crippen LogP contribution in [0, 0.1) is 5.92 Å². The summed E-state index contributed by atoms with van der Waals surface area (Å²) in [6.07, 6.45) is 2.95. The predicted molar refractivity (Wildman–Crippen MR) is 225 cm³/mol. The molecule has 3 N–H and O–H groups in total. The van der Waals surface area contributed by atoms with Crippen molar-refractivity contribution in [1.82, 2.24) is 40.0 Å². The van der Waals surface area contributed by atoms with Crippen LogP contribution >= 0.6 is 0 Å². The van der Waals surface area contributed by atoms with E-state index in [2.05, 4.69) is 76.9 Å². The minimum atomic E-state index is -1.80. The first-order valence-corrected chi connectivity index (χ1v) is 23.7. The first-order valence-electron chi connectivity index (χ1n) is 20.3. The van der Waals surface area contributed by atoms with Crippen molar-refractivity contribution in [3.8, 4) is 22.4 Å². The Hall–Kier alpha value is -5.74. The maximum atomic E-state index is 14.1. The van der Waals surface area contributed by atoms with Crippen molar-refractivity contribution in [3.05, 3.63) is 72.4 Å². The number of amides is 4. The van der Waals surface area contributed by atoms with E-state index in [0.29, 0.717) is 25.9 Å². The van der Waals surface area contributed by atoms with Gasteiger partial charge in [0.25, 0.3) is 0 Å². The molecule has 8 rings (SSSR count). The maximum absolute atomic E-state index is 14.1. The van der Waals surface area contributed by atoms with Gasteiger partial charge in [0, 0.05) is 24.6 Å². The zero-order valence-corrected chi connectivity index (χ0v) is 35.4. The molecule has 0 saturated carbocycles. The van der Waals surface area contributed by atoms with Crippen LogP contribution in [0.3, 0.4) is 0 Å². The van der Waals surface area contributed by atoms with E-state index in [4.69, 9.17) is 24.2 Å². The smallest absolute Gasteiger partial charge is 0.410 e. The summed E-state index contributed by atoms with van der Waals surface area (Å²) < 4.78 is 15.4. The molecule has 59 heavy (non-hydrogen) atoms. The number of nitrogens with zero attached hydrogens (tertiary/aromatic N) is 5. The number of nitrogens with one attached hydrogen (secondary N) is 3. The van der Waals surface area contributed by atoms with Crippen molar-refractivity contribution in [2.75, 3.05) is 46.7 Å². The summed E-state index contributed by atoms with van der Waals surface area (Å²) >= 11 is 0. The van der Waals surface area contributed by atoms with Crippen molar-refractivity contribution >= 4 is 53.9 Å². The van der Waals surface area contributed by atoms with Gasteiger partial charge in [-0.05, 0) is 59.0 Å². The van der Waals surface area contributed by atoms with E-state index in [1.54, 1.807) is 0 Å². The maximum Gasteiger partial charge on any atom is 0.410 e. The van der Waals surface area contributed by atoms with Crippen LogP contribution < -0.4 is 5.32 Å². The van der Waals surface area contributed by atoms with E-state index >= 15 is 0 Å². The number of benzene rings is 3. The molecule has 5 aromatic rings. The predicted octanol–water partition coefficient (Wildman–Crippen LogP) is 6.42. The summed E-state index contributed by atoms with van der Waals surface area (Å²) in [5.74, 6) is 1.09. The van der Waals surface area contributed by atoms with Crippen molar-refractivity contribution < 1.29 is 33.4 Å². The second-order valence-corrected chi connectivity index (χ2v) is 22.0. The van der Waals surface area contributed by atoms with Crippen LogP contribution in [0.1, 0.15) is 50.4 Å². The number of carbonyl (C=O) groups excluding carboxylic acids is 4. The highest BCUT2D eigenvalue weighted by Gasteiger charge is 2.47. The molecule has 310 valence electrons. The molecular formula is C43H52N8O7Si. The number of aromatic nitrogens is 4. The normalized spacial score (nSPS) is 21.0. The lowest BCUT2D eigenvalue weighted by Gasteiger charge is -2.37. The van der Waals surface area contributed by atoms with E-state index in [1.807, 2.05) is 35.9 Å². The van der Waals surface area contributed by atoms with Gasteiger partial charge in [-0.3, -0.25) is 14.5 Å². The average molecular weight is 821 g/mol. The minimum absolute atomic E-state index is 0.109.